The zero-order valence-electron chi connectivity index (χ0n) is 16.6. The Morgan fingerprint density at radius 2 is 1.61 bits per heavy atom. The molecule has 1 aliphatic rings. The molecular formula is C22H26ClN3O2. The van der Waals surface area contributed by atoms with Gasteiger partial charge >= 0.3 is 0 Å². The van der Waals surface area contributed by atoms with E-state index < -0.39 is 0 Å². The molecule has 0 aromatic heterocycles. The molecule has 2 amide bonds. The number of benzene rings is 2. The number of amides is 2. The van der Waals surface area contributed by atoms with Gasteiger partial charge in [0.15, 0.2) is 0 Å². The molecule has 28 heavy (non-hydrogen) atoms. The first kappa shape index (κ1) is 20.2. The van der Waals surface area contributed by atoms with Crippen LogP contribution in [0, 0.1) is 13.8 Å². The molecular weight excluding hydrogens is 374 g/mol. The molecule has 0 N–H and O–H groups in total. The summed E-state index contributed by atoms with van der Waals surface area (Å²) >= 11 is 6.09. The van der Waals surface area contributed by atoms with Crippen molar-refractivity contribution in [2.24, 2.45) is 0 Å². The van der Waals surface area contributed by atoms with E-state index in [9.17, 15) is 9.59 Å². The van der Waals surface area contributed by atoms with Crippen LogP contribution in [0.25, 0.3) is 0 Å². The molecule has 1 heterocycles. The molecule has 148 valence electrons. The van der Waals surface area contributed by atoms with Gasteiger partial charge in [-0.3, -0.25) is 9.59 Å². The van der Waals surface area contributed by atoms with Crippen molar-refractivity contribution in [3.63, 3.8) is 0 Å². The summed E-state index contributed by atoms with van der Waals surface area (Å²) in [6.07, 6.45) is 0. The summed E-state index contributed by atoms with van der Waals surface area (Å²) in [4.78, 5) is 30.8. The van der Waals surface area contributed by atoms with Crippen LogP contribution in [0.3, 0.4) is 0 Å². The van der Waals surface area contributed by atoms with E-state index >= 15 is 0 Å². The van der Waals surface area contributed by atoms with E-state index in [1.54, 1.807) is 4.90 Å². The number of para-hydroxylation sites is 1. The van der Waals surface area contributed by atoms with Crippen LogP contribution >= 0.6 is 11.6 Å². The third-order valence-corrected chi connectivity index (χ3v) is 5.42. The number of rotatable bonds is 4. The van der Waals surface area contributed by atoms with Gasteiger partial charge in [-0.25, -0.2) is 0 Å². The van der Waals surface area contributed by atoms with Gasteiger partial charge in [0.25, 0.3) is 0 Å². The van der Waals surface area contributed by atoms with E-state index in [1.165, 1.54) is 6.92 Å². The fraction of sp³-hybridized carbons (Fsp3) is 0.364. The Labute approximate surface area is 171 Å². The molecule has 0 atom stereocenters. The lowest BCUT2D eigenvalue weighted by atomic mass is 10.1. The summed E-state index contributed by atoms with van der Waals surface area (Å²) in [5, 5.41) is 0.710. The molecule has 1 fully saturated rings. The number of hydrogen-bond acceptors (Lipinski definition) is 3. The van der Waals surface area contributed by atoms with Crippen molar-refractivity contribution in [1.29, 1.82) is 0 Å². The van der Waals surface area contributed by atoms with Gasteiger partial charge in [-0.15, -0.1) is 0 Å². The highest BCUT2D eigenvalue weighted by Crippen LogP contribution is 2.25. The van der Waals surface area contributed by atoms with Gasteiger partial charge in [-0.2, -0.15) is 0 Å². The summed E-state index contributed by atoms with van der Waals surface area (Å²) in [6, 6.07) is 13.7. The molecule has 0 radical (unpaired) electrons. The lowest BCUT2D eigenvalue weighted by Crippen LogP contribution is -2.52. The number of halogens is 1. The van der Waals surface area contributed by atoms with E-state index in [-0.39, 0.29) is 18.4 Å². The predicted molar refractivity (Wildman–Crippen MR) is 114 cm³/mol. The van der Waals surface area contributed by atoms with E-state index in [0.717, 1.165) is 35.6 Å². The fourth-order valence-electron chi connectivity index (χ4n) is 3.70. The van der Waals surface area contributed by atoms with Crippen LogP contribution in [-0.2, 0) is 9.59 Å². The zero-order valence-corrected chi connectivity index (χ0v) is 17.4. The highest BCUT2D eigenvalue weighted by Gasteiger charge is 2.25. The van der Waals surface area contributed by atoms with Gasteiger partial charge < -0.3 is 14.7 Å². The topological polar surface area (TPSA) is 43.9 Å². The molecule has 3 rings (SSSR count). The summed E-state index contributed by atoms with van der Waals surface area (Å²) in [5.41, 5.74) is 3.89. The first-order valence-electron chi connectivity index (χ1n) is 9.49. The van der Waals surface area contributed by atoms with E-state index in [2.05, 4.69) is 4.90 Å². The van der Waals surface area contributed by atoms with Gasteiger partial charge in [0.1, 0.15) is 6.54 Å². The minimum atomic E-state index is -0.122. The van der Waals surface area contributed by atoms with E-state index in [0.29, 0.717) is 18.1 Å². The number of aryl methyl sites for hydroxylation is 2. The lowest BCUT2D eigenvalue weighted by Gasteiger charge is -2.37. The monoisotopic (exact) mass is 399 g/mol. The van der Waals surface area contributed by atoms with Crippen LogP contribution in [0.4, 0.5) is 11.4 Å². The average Bonchev–Trinajstić information content (AvgIpc) is 2.67. The van der Waals surface area contributed by atoms with Crippen molar-refractivity contribution >= 4 is 34.8 Å². The number of nitrogens with zero attached hydrogens (tertiary/aromatic N) is 3. The van der Waals surface area contributed by atoms with E-state index in [4.69, 9.17) is 11.6 Å². The number of carbonyl (C=O) groups excluding carboxylic acids is 2. The SMILES string of the molecule is CC(=O)N(CC(=O)N1CCN(c2cccc(Cl)c2)CC1)c1c(C)cccc1C. The second kappa shape index (κ2) is 8.65. The smallest absolute Gasteiger partial charge is 0.242 e. The van der Waals surface area contributed by atoms with E-state index in [1.807, 2.05) is 61.2 Å². The maximum Gasteiger partial charge on any atom is 0.242 e. The molecule has 2 aromatic carbocycles. The highest BCUT2D eigenvalue weighted by molar-refractivity contribution is 6.30. The van der Waals surface area contributed by atoms with Gasteiger partial charge in [0.05, 0.1) is 5.69 Å². The number of hydrogen-bond donors (Lipinski definition) is 0. The van der Waals surface area contributed by atoms with Crippen LogP contribution in [0.5, 0.6) is 0 Å². The summed E-state index contributed by atoms with van der Waals surface area (Å²) in [7, 11) is 0. The van der Waals surface area contributed by atoms with Gasteiger partial charge in [0.2, 0.25) is 11.8 Å². The Kier molecular flexibility index (Phi) is 6.25. The van der Waals surface area contributed by atoms with Crippen molar-refractivity contribution in [2.45, 2.75) is 20.8 Å². The van der Waals surface area contributed by atoms with Crippen LogP contribution in [0.2, 0.25) is 5.02 Å². The normalized spacial score (nSPS) is 14.1. The Morgan fingerprint density at radius 3 is 2.18 bits per heavy atom. The number of anilines is 2. The molecule has 0 spiro atoms. The quantitative estimate of drug-likeness (QED) is 0.788. The first-order chi connectivity index (χ1) is 13.4. The molecule has 2 aromatic rings. The minimum absolute atomic E-state index is 0.0244. The maximum absolute atomic E-state index is 12.9. The third-order valence-electron chi connectivity index (χ3n) is 5.19. The third kappa shape index (κ3) is 4.47. The van der Waals surface area contributed by atoms with Crippen LogP contribution in [-0.4, -0.2) is 49.4 Å². The Bertz CT molecular complexity index is 856. The van der Waals surface area contributed by atoms with Gasteiger partial charge in [0, 0.05) is 43.8 Å². The summed E-state index contributed by atoms with van der Waals surface area (Å²) in [6.45, 7) is 8.26. The molecule has 6 heteroatoms. The number of carbonyl (C=O) groups is 2. The minimum Gasteiger partial charge on any atom is -0.368 e. The molecule has 0 aliphatic carbocycles. The van der Waals surface area contributed by atoms with Crippen molar-refractivity contribution in [2.75, 3.05) is 42.5 Å². The van der Waals surface area contributed by atoms with Crippen molar-refractivity contribution in [1.82, 2.24) is 4.90 Å². The average molecular weight is 400 g/mol. The maximum atomic E-state index is 12.9. The molecule has 0 saturated carbocycles. The Morgan fingerprint density at radius 1 is 1.00 bits per heavy atom. The standard InChI is InChI=1S/C22H26ClN3O2/c1-16-6-4-7-17(2)22(16)26(18(3)27)15-21(28)25-12-10-24(11-13-25)20-9-5-8-19(23)14-20/h4-9,14H,10-13,15H2,1-3H3. The van der Waals surface area contributed by atoms with Crippen LogP contribution in [0.1, 0.15) is 18.1 Å². The van der Waals surface area contributed by atoms with Crippen molar-refractivity contribution in [3.8, 4) is 0 Å². The molecule has 1 aliphatic heterocycles. The molecule has 0 bridgehead atoms. The number of piperazine rings is 1. The van der Waals surface area contributed by atoms with Gasteiger partial charge in [-0.05, 0) is 43.2 Å². The van der Waals surface area contributed by atoms with Crippen molar-refractivity contribution in [3.05, 3.63) is 58.6 Å². The zero-order chi connectivity index (χ0) is 20.3. The lowest BCUT2D eigenvalue weighted by molar-refractivity contribution is -0.131. The Hall–Kier alpha value is -2.53. The van der Waals surface area contributed by atoms with Crippen LogP contribution < -0.4 is 9.80 Å². The Balaban J connectivity index is 1.66. The molecule has 1 saturated heterocycles. The summed E-state index contributed by atoms with van der Waals surface area (Å²) in [5.74, 6) is -0.146. The van der Waals surface area contributed by atoms with Crippen LogP contribution in [0.15, 0.2) is 42.5 Å². The highest BCUT2D eigenvalue weighted by atomic mass is 35.5. The summed E-state index contributed by atoms with van der Waals surface area (Å²) < 4.78 is 0. The van der Waals surface area contributed by atoms with Gasteiger partial charge in [-0.1, -0.05) is 35.9 Å². The first-order valence-corrected chi connectivity index (χ1v) is 9.87. The van der Waals surface area contributed by atoms with Crippen molar-refractivity contribution < 1.29 is 9.59 Å². The second-order valence-electron chi connectivity index (χ2n) is 7.19. The second-order valence-corrected chi connectivity index (χ2v) is 7.63. The largest absolute Gasteiger partial charge is 0.368 e. The fourth-order valence-corrected chi connectivity index (χ4v) is 3.89. The predicted octanol–water partition coefficient (Wildman–Crippen LogP) is 3.66. The molecule has 0 unspecified atom stereocenters. The molecule has 5 nitrogen and oxygen atoms in total.